The van der Waals surface area contributed by atoms with Crippen LogP contribution in [0, 0.1) is 0 Å². The normalized spacial score (nSPS) is 14.0. The zero-order valence-corrected chi connectivity index (χ0v) is 33.7. The highest BCUT2D eigenvalue weighted by molar-refractivity contribution is 6.69. The van der Waals surface area contributed by atoms with E-state index in [9.17, 15) is 9.59 Å². The minimum atomic E-state index is -0.654. The molecule has 2 aromatic heterocycles. The van der Waals surface area contributed by atoms with Crippen molar-refractivity contribution in [2.75, 3.05) is 107 Å². The van der Waals surface area contributed by atoms with Crippen molar-refractivity contribution in [3.63, 3.8) is 0 Å². The number of fused-ring (bicyclic) bond motifs is 2. The molecule has 0 unspecified atom stereocenters. The van der Waals surface area contributed by atoms with Crippen molar-refractivity contribution in [2.45, 2.75) is 12.8 Å². The Morgan fingerprint density at radius 2 is 1.16 bits per heavy atom. The van der Waals surface area contributed by atoms with Gasteiger partial charge in [-0.1, -0.05) is 23.2 Å². The summed E-state index contributed by atoms with van der Waals surface area (Å²) in [6.45, 7) is 8.20. The Hall–Kier alpha value is -3.73. The van der Waals surface area contributed by atoms with E-state index in [1.807, 2.05) is 0 Å². The molecule has 1 amide bonds. The molecule has 2 saturated heterocycles. The third-order valence-electron chi connectivity index (χ3n) is 8.26. The molecule has 4 aromatic rings. The average Bonchev–Trinajstić information content (AvgIpc) is 3.22. The molecule has 2 fully saturated rings. The molecule has 55 heavy (non-hydrogen) atoms. The van der Waals surface area contributed by atoms with Gasteiger partial charge in [0.05, 0.1) is 86.1 Å². The summed E-state index contributed by atoms with van der Waals surface area (Å²) in [5, 5.41) is 4.34. The molecule has 2 aliphatic rings. The van der Waals surface area contributed by atoms with E-state index in [2.05, 4.69) is 15.3 Å². The second kappa shape index (κ2) is 23.4. The molecular formula is C38H47Cl3N4O10. The summed E-state index contributed by atoms with van der Waals surface area (Å²) in [4.78, 5) is 34.4. The van der Waals surface area contributed by atoms with Gasteiger partial charge in [0, 0.05) is 102 Å². The maximum Gasteiger partial charge on any atom is 0.257 e. The Balaban J connectivity index is 0.000000215. The summed E-state index contributed by atoms with van der Waals surface area (Å²) < 4.78 is 42.5. The first-order valence-electron chi connectivity index (χ1n) is 17.6. The highest BCUT2D eigenvalue weighted by Gasteiger charge is 2.23. The van der Waals surface area contributed by atoms with E-state index in [1.165, 1.54) is 19.5 Å². The van der Waals surface area contributed by atoms with Crippen LogP contribution in [0.15, 0.2) is 36.7 Å². The van der Waals surface area contributed by atoms with E-state index in [1.54, 1.807) is 50.5 Å². The van der Waals surface area contributed by atoms with Crippen LogP contribution in [0.1, 0.15) is 33.6 Å². The Bertz CT molecular complexity index is 1850. The zero-order valence-electron chi connectivity index (χ0n) is 31.4. The Labute approximate surface area is 335 Å². The lowest BCUT2D eigenvalue weighted by Crippen LogP contribution is -2.40. The van der Waals surface area contributed by atoms with Crippen molar-refractivity contribution >= 4 is 67.8 Å². The monoisotopic (exact) mass is 824 g/mol. The van der Waals surface area contributed by atoms with Gasteiger partial charge >= 0.3 is 0 Å². The second-order valence-corrected chi connectivity index (χ2v) is 13.0. The Morgan fingerprint density at radius 3 is 1.58 bits per heavy atom. The fourth-order valence-electron chi connectivity index (χ4n) is 5.39. The predicted octanol–water partition coefficient (Wildman–Crippen LogP) is 6.08. The van der Waals surface area contributed by atoms with E-state index in [4.69, 9.17) is 72.7 Å². The lowest BCUT2D eigenvalue weighted by Gasteiger charge is -2.27. The Kier molecular flexibility index (Phi) is 18.7. The van der Waals surface area contributed by atoms with E-state index in [0.29, 0.717) is 108 Å². The van der Waals surface area contributed by atoms with Crippen molar-refractivity contribution in [3.8, 4) is 23.0 Å². The number of benzene rings is 2. The van der Waals surface area contributed by atoms with Crippen LogP contribution in [0.4, 0.5) is 0 Å². The predicted molar refractivity (Wildman–Crippen MR) is 211 cm³/mol. The maximum atomic E-state index is 12.8. The molecule has 0 radical (unpaired) electrons. The third-order valence-corrected chi connectivity index (χ3v) is 9.28. The quantitative estimate of drug-likeness (QED) is 0.116. The molecule has 6 rings (SSSR count). The summed E-state index contributed by atoms with van der Waals surface area (Å²) in [5.41, 5.74) is 1.77. The second-order valence-electron chi connectivity index (χ2n) is 11.9. The smallest absolute Gasteiger partial charge is 0.257 e. The van der Waals surface area contributed by atoms with Crippen LogP contribution in [0.5, 0.6) is 23.0 Å². The molecule has 0 spiro atoms. The van der Waals surface area contributed by atoms with Gasteiger partial charge in [-0.2, -0.15) is 0 Å². The first-order valence-corrected chi connectivity index (χ1v) is 18.8. The van der Waals surface area contributed by atoms with Crippen LogP contribution in [-0.4, -0.2) is 133 Å². The van der Waals surface area contributed by atoms with Gasteiger partial charge in [-0.25, -0.2) is 0 Å². The molecular weight excluding hydrogens is 779 g/mol. The molecule has 0 saturated carbocycles. The summed E-state index contributed by atoms with van der Waals surface area (Å²) in [6.07, 6.45) is 4.38. The van der Waals surface area contributed by atoms with Crippen LogP contribution in [-0.2, 0) is 18.9 Å². The number of morpholine rings is 2. The average molecular weight is 826 g/mol. The summed E-state index contributed by atoms with van der Waals surface area (Å²) in [7, 11) is 6.38. The van der Waals surface area contributed by atoms with Gasteiger partial charge in [-0.3, -0.25) is 19.6 Å². The number of methoxy groups -OCH3 is 4. The van der Waals surface area contributed by atoms with E-state index in [-0.39, 0.29) is 16.5 Å². The SMILES string of the molecule is C1COCCN1.COCCCOc1cc2ncc(C(=O)Cl)c(Cl)c2cc1OC.COCCCOc1cc2ncc(C(=O)N3CCOCC3)c(Cl)c2cc1OC. The molecule has 0 atom stereocenters. The van der Waals surface area contributed by atoms with Gasteiger partial charge in [0.15, 0.2) is 23.0 Å². The summed E-state index contributed by atoms with van der Waals surface area (Å²) in [5.74, 6) is 2.04. The standard InChI is InChI=1S/C19H23ClN2O5.C15H15Cl2NO4.C4H9NO/c1-24-6-3-7-27-17-11-15-13(10-16(17)25-2)18(20)14(12-21-15)19(23)22-4-8-26-9-5-22;1-20-4-3-5-22-13-7-11-9(6-12(13)21-2)14(16)10(8-18-11)15(17)19;1-3-6-4-2-5-1/h10-12H,3-9H2,1-2H3;6-8H,3-5H2,1-2H3;5H,1-4H2. The number of nitrogens with zero attached hydrogens (tertiary/aromatic N) is 3. The fraction of sp³-hybridized carbons (Fsp3) is 0.474. The fourth-order valence-corrected chi connectivity index (χ4v) is 6.15. The minimum absolute atomic E-state index is 0.142. The van der Waals surface area contributed by atoms with Crippen LogP contribution < -0.4 is 24.3 Å². The number of carbonyl (C=O) groups excluding carboxylic acids is 2. The first-order chi connectivity index (χ1) is 26.7. The van der Waals surface area contributed by atoms with Crippen molar-refractivity contribution in [3.05, 3.63) is 57.8 Å². The highest BCUT2D eigenvalue weighted by Crippen LogP contribution is 2.37. The van der Waals surface area contributed by atoms with E-state index >= 15 is 0 Å². The molecule has 0 bridgehead atoms. The number of hydrogen-bond donors (Lipinski definition) is 1. The van der Waals surface area contributed by atoms with Crippen LogP contribution in [0.3, 0.4) is 0 Å². The Morgan fingerprint density at radius 1 is 0.691 bits per heavy atom. The maximum absolute atomic E-state index is 12.8. The van der Waals surface area contributed by atoms with Crippen LogP contribution in [0.2, 0.25) is 10.0 Å². The highest BCUT2D eigenvalue weighted by atomic mass is 35.5. The molecule has 1 N–H and O–H groups in total. The number of aromatic nitrogens is 2. The van der Waals surface area contributed by atoms with Crippen molar-refractivity contribution < 1.29 is 47.5 Å². The van der Waals surface area contributed by atoms with Gasteiger partial charge in [-0.05, 0) is 23.7 Å². The summed E-state index contributed by atoms with van der Waals surface area (Å²) >= 11 is 18.2. The number of rotatable bonds is 14. The number of nitrogens with one attached hydrogen (secondary N) is 1. The lowest BCUT2D eigenvalue weighted by atomic mass is 10.1. The van der Waals surface area contributed by atoms with Gasteiger partial charge in [0.2, 0.25) is 0 Å². The van der Waals surface area contributed by atoms with E-state index in [0.717, 1.165) is 39.1 Å². The number of amides is 1. The topological polar surface area (TPSA) is 149 Å². The van der Waals surface area contributed by atoms with E-state index < -0.39 is 5.24 Å². The molecule has 4 heterocycles. The van der Waals surface area contributed by atoms with Gasteiger partial charge in [0.1, 0.15) is 0 Å². The van der Waals surface area contributed by atoms with Gasteiger partial charge < -0.3 is 48.1 Å². The molecule has 300 valence electrons. The zero-order chi connectivity index (χ0) is 39.6. The third kappa shape index (κ3) is 12.6. The van der Waals surface area contributed by atoms with Gasteiger partial charge in [-0.15, -0.1) is 0 Å². The molecule has 2 aliphatic heterocycles. The number of halogens is 3. The largest absolute Gasteiger partial charge is 0.493 e. The molecule has 2 aromatic carbocycles. The van der Waals surface area contributed by atoms with Crippen LogP contribution in [0.25, 0.3) is 21.8 Å². The lowest BCUT2D eigenvalue weighted by molar-refractivity contribution is 0.0303. The molecule has 17 heteroatoms. The minimum Gasteiger partial charge on any atom is -0.493 e. The van der Waals surface area contributed by atoms with Crippen LogP contribution >= 0.6 is 34.8 Å². The number of ether oxygens (including phenoxy) is 8. The summed E-state index contributed by atoms with van der Waals surface area (Å²) in [6, 6.07) is 6.93. The first kappa shape index (κ1) is 44.0. The van der Waals surface area contributed by atoms with Crippen molar-refractivity contribution in [1.82, 2.24) is 20.2 Å². The number of pyridine rings is 2. The number of hydrogen-bond acceptors (Lipinski definition) is 13. The van der Waals surface area contributed by atoms with Crippen molar-refractivity contribution in [2.24, 2.45) is 0 Å². The molecule has 0 aliphatic carbocycles. The van der Waals surface area contributed by atoms with Crippen molar-refractivity contribution in [1.29, 1.82) is 0 Å². The number of carbonyl (C=O) groups is 2. The molecule has 14 nitrogen and oxygen atoms in total. The van der Waals surface area contributed by atoms with Gasteiger partial charge in [0.25, 0.3) is 11.1 Å².